The molecule has 0 aromatic heterocycles. The minimum atomic E-state index is -0.487. The van der Waals surface area contributed by atoms with Crippen molar-refractivity contribution < 1.29 is 14.3 Å². The van der Waals surface area contributed by atoms with Crippen LogP contribution in [0.4, 0.5) is 4.79 Å². The first-order valence-corrected chi connectivity index (χ1v) is 6.53. The average Bonchev–Trinajstić information content (AvgIpc) is 2.25. The molecule has 0 aromatic carbocycles. The molecule has 1 saturated carbocycles. The zero-order valence-electron chi connectivity index (χ0n) is 11.7. The molecule has 0 radical (unpaired) electrons. The highest BCUT2D eigenvalue weighted by atomic mass is 16.6. The van der Waals surface area contributed by atoms with Gasteiger partial charge >= 0.3 is 6.09 Å². The molecule has 0 unspecified atom stereocenters. The Morgan fingerprint density at radius 1 is 1.22 bits per heavy atom. The molecule has 1 aliphatic rings. The predicted molar refractivity (Wildman–Crippen MR) is 69.2 cm³/mol. The number of amides is 2. The normalized spacial score (nSPS) is 24.2. The third kappa shape index (κ3) is 4.94. The Kier molecular flexibility index (Phi) is 4.99. The molecule has 2 atom stereocenters. The van der Waals surface area contributed by atoms with E-state index in [1.54, 1.807) is 7.05 Å². The van der Waals surface area contributed by atoms with Crippen LogP contribution in [-0.2, 0) is 9.53 Å². The maximum Gasteiger partial charge on any atom is 0.407 e. The van der Waals surface area contributed by atoms with Gasteiger partial charge in [-0.3, -0.25) is 4.79 Å². The van der Waals surface area contributed by atoms with E-state index in [0.717, 1.165) is 19.3 Å². The van der Waals surface area contributed by atoms with Crippen LogP contribution >= 0.6 is 0 Å². The lowest BCUT2D eigenvalue weighted by atomic mass is 9.85. The Hall–Kier alpha value is -1.26. The number of rotatable bonds is 2. The standard InChI is InChI=1S/C13H24N2O3/c1-13(2,3)18-12(17)15-10-7-5-6-9(8-10)11(16)14-4/h9-10H,5-8H2,1-4H3,(H,14,16)(H,15,17)/t9-,10-/m1/s1. The molecular formula is C13H24N2O3. The number of alkyl carbamates (subject to hydrolysis) is 1. The summed E-state index contributed by atoms with van der Waals surface area (Å²) in [7, 11) is 1.65. The van der Waals surface area contributed by atoms with Crippen molar-refractivity contribution in [2.75, 3.05) is 7.05 Å². The van der Waals surface area contributed by atoms with E-state index < -0.39 is 11.7 Å². The first-order valence-electron chi connectivity index (χ1n) is 6.53. The van der Waals surface area contributed by atoms with Gasteiger partial charge < -0.3 is 15.4 Å². The van der Waals surface area contributed by atoms with Gasteiger partial charge in [-0.1, -0.05) is 6.42 Å². The van der Waals surface area contributed by atoms with Crippen molar-refractivity contribution in [1.82, 2.24) is 10.6 Å². The second-order valence-corrected chi connectivity index (χ2v) is 5.82. The molecule has 5 heteroatoms. The first-order chi connectivity index (χ1) is 8.31. The van der Waals surface area contributed by atoms with Gasteiger partial charge in [0.15, 0.2) is 0 Å². The van der Waals surface area contributed by atoms with Crippen LogP contribution < -0.4 is 10.6 Å². The summed E-state index contributed by atoms with van der Waals surface area (Å²) in [6, 6.07) is 0.0379. The molecule has 2 amide bonds. The molecule has 1 rings (SSSR count). The molecular weight excluding hydrogens is 232 g/mol. The van der Waals surface area contributed by atoms with E-state index >= 15 is 0 Å². The SMILES string of the molecule is CNC(=O)[C@@H]1CCC[C@@H](NC(=O)OC(C)(C)C)C1. The van der Waals surface area contributed by atoms with Gasteiger partial charge in [-0.15, -0.1) is 0 Å². The van der Waals surface area contributed by atoms with Crippen molar-refractivity contribution in [3.05, 3.63) is 0 Å². The summed E-state index contributed by atoms with van der Waals surface area (Å²) in [4.78, 5) is 23.2. The van der Waals surface area contributed by atoms with E-state index in [-0.39, 0.29) is 17.9 Å². The van der Waals surface area contributed by atoms with Crippen molar-refractivity contribution in [3.63, 3.8) is 0 Å². The number of carbonyl (C=O) groups excluding carboxylic acids is 2. The summed E-state index contributed by atoms with van der Waals surface area (Å²) in [6.07, 6.45) is 3.06. The Morgan fingerprint density at radius 2 is 1.89 bits per heavy atom. The lowest BCUT2D eigenvalue weighted by Gasteiger charge is -2.29. The van der Waals surface area contributed by atoms with E-state index in [9.17, 15) is 9.59 Å². The maximum atomic E-state index is 11.6. The third-order valence-corrected chi connectivity index (χ3v) is 3.01. The molecule has 0 saturated heterocycles. The minimum Gasteiger partial charge on any atom is -0.444 e. The van der Waals surface area contributed by atoms with Gasteiger partial charge in [0.2, 0.25) is 5.91 Å². The quantitative estimate of drug-likeness (QED) is 0.792. The lowest BCUT2D eigenvalue weighted by molar-refractivity contribution is -0.125. The molecule has 0 heterocycles. The molecule has 1 fully saturated rings. The molecule has 104 valence electrons. The fourth-order valence-corrected chi connectivity index (χ4v) is 2.24. The highest BCUT2D eigenvalue weighted by Crippen LogP contribution is 2.24. The predicted octanol–water partition coefficient (Wildman–Crippen LogP) is 1.82. The second-order valence-electron chi connectivity index (χ2n) is 5.82. The van der Waals surface area contributed by atoms with Gasteiger partial charge in [-0.05, 0) is 40.0 Å². The topological polar surface area (TPSA) is 67.4 Å². The minimum absolute atomic E-state index is 0.00341. The van der Waals surface area contributed by atoms with Gasteiger partial charge in [0.05, 0.1) is 0 Å². The zero-order valence-corrected chi connectivity index (χ0v) is 11.7. The lowest BCUT2D eigenvalue weighted by Crippen LogP contribution is -2.43. The number of hydrogen-bond acceptors (Lipinski definition) is 3. The van der Waals surface area contributed by atoms with Crippen LogP contribution in [0.2, 0.25) is 0 Å². The molecule has 2 N–H and O–H groups in total. The summed E-state index contributed by atoms with van der Waals surface area (Å²) in [5, 5.41) is 5.51. The average molecular weight is 256 g/mol. The van der Waals surface area contributed by atoms with Crippen LogP contribution in [0.1, 0.15) is 46.5 Å². The summed E-state index contributed by atoms with van der Waals surface area (Å²) < 4.78 is 5.21. The van der Waals surface area contributed by atoms with Crippen molar-refractivity contribution in [1.29, 1.82) is 0 Å². The van der Waals surface area contributed by atoms with Gasteiger partial charge in [-0.25, -0.2) is 4.79 Å². The van der Waals surface area contributed by atoms with Crippen molar-refractivity contribution in [2.24, 2.45) is 5.92 Å². The smallest absolute Gasteiger partial charge is 0.407 e. The van der Waals surface area contributed by atoms with E-state index in [2.05, 4.69) is 10.6 Å². The van der Waals surface area contributed by atoms with Gasteiger partial charge in [-0.2, -0.15) is 0 Å². The Bertz CT molecular complexity index is 310. The Labute approximate surface area is 109 Å². The van der Waals surface area contributed by atoms with Crippen LogP contribution in [0.25, 0.3) is 0 Å². The first kappa shape index (κ1) is 14.8. The molecule has 0 spiro atoms. The summed E-state index contributed by atoms with van der Waals surface area (Å²) in [5.41, 5.74) is -0.487. The number of carbonyl (C=O) groups is 2. The van der Waals surface area contributed by atoms with E-state index in [1.807, 2.05) is 20.8 Å². The molecule has 5 nitrogen and oxygen atoms in total. The fourth-order valence-electron chi connectivity index (χ4n) is 2.24. The number of ether oxygens (including phenoxy) is 1. The largest absolute Gasteiger partial charge is 0.444 e. The Balaban J connectivity index is 2.43. The summed E-state index contributed by atoms with van der Waals surface area (Å²) in [5.74, 6) is 0.0642. The van der Waals surface area contributed by atoms with Crippen LogP contribution in [-0.4, -0.2) is 30.7 Å². The second kappa shape index (κ2) is 6.07. The number of nitrogens with one attached hydrogen (secondary N) is 2. The van der Waals surface area contributed by atoms with Gasteiger partial charge in [0.1, 0.15) is 5.60 Å². The molecule has 0 aliphatic heterocycles. The number of hydrogen-bond donors (Lipinski definition) is 2. The zero-order chi connectivity index (χ0) is 13.8. The van der Waals surface area contributed by atoms with E-state index in [1.165, 1.54) is 0 Å². The monoisotopic (exact) mass is 256 g/mol. The van der Waals surface area contributed by atoms with Crippen molar-refractivity contribution >= 4 is 12.0 Å². The van der Waals surface area contributed by atoms with Crippen LogP contribution in [0.5, 0.6) is 0 Å². The van der Waals surface area contributed by atoms with Crippen LogP contribution in [0, 0.1) is 5.92 Å². The molecule has 0 bridgehead atoms. The Morgan fingerprint density at radius 3 is 2.44 bits per heavy atom. The summed E-state index contributed by atoms with van der Waals surface area (Å²) >= 11 is 0. The maximum absolute atomic E-state index is 11.6. The fraction of sp³-hybridized carbons (Fsp3) is 0.846. The highest BCUT2D eigenvalue weighted by molar-refractivity contribution is 5.78. The van der Waals surface area contributed by atoms with Crippen molar-refractivity contribution in [3.8, 4) is 0 Å². The van der Waals surface area contributed by atoms with Gasteiger partial charge in [0.25, 0.3) is 0 Å². The molecule has 18 heavy (non-hydrogen) atoms. The van der Waals surface area contributed by atoms with E-state index in [0.29, 0.717) is 6.42 Å². The van der Waals surface area contributed by atoms with E-state index in [4.69, 9.17) is 4.74 Å². The highest BCUT2D eigenvalue weighted by Gasteiger charge is 2.28. The summed E-state index contributed by atoms with van der Waals surface area (Å²) in [6.45, 7) is 5.50. The van der Waals surface area contributed by atoms with Gasteiger partial charge in [0, 0.05) is 19.0 Å². The van der Waals surface area contributed by atoms with Crippen LogP contribution in [0.3, 0.4) is 0 Å². The molecule has 1 aliphatic carbocycles. The van der Waals surface area contributed by atoms with Crippen LogP contribution in [0.15, 0.2) is 0 Å². The molecule has 0 aromatic rings. The third-order valence-electron chi connectivity index (χ3n) is 3.01. The van der Waals surface area contributed by atoms with Crippen molar-refractivity contribution in [2.45, 2.75) is 58.1 Å².